The van der Waals surface area contributed by atoms with Crippen LogP contribution in [0.2, 0.25) is 0 Å². The number of benzene rings is 1. The van der Waals surface area contributed by atoms with Crippen molar-refractivity contribution in [2.24, 2.45) is 0 Å². The molecule has 120 valence electrons. The summed E-state index contributed by atoms with van der Waals surface area (Å²) in [5.41, 5.74) is 1.71. The highest BCUT2D eigenvalue weighted by Gasteiger charge is 2.19. The van der Waals surface area contributed by atoms with Gasteiger partial charge < -0.3 is 15.0 Å². The van der Waals surface area contributed by atoms with Gasteiger partial charge >= 0.3 is 0 Å². The van der Waals surface area contributed by atoms with Crippen LogP contribution in [0, 0.1) is 5.82 Å². The molecule has 0 spiro atoms. The third-order valence-corrected chi connectivity index (χ3v) is 4.32. The Balaban J connectivity index is 2.87. The van der Waals surface area contributed by atoms with E-state index in [1.807, 2.05) is 13.1 Å². The summed E-state index contributed by atoms with van der Waals surface area (Å²) in [5, 5.41) is 3.29. The van der Waals surface area contributed by atoms with Crippen molar-refractivity contribution in [3.8, 4) is 0 Å². The van der Waals surface area contributed by atoms with E-state index in [-0.39, 0.29) is 5.82 Å². The number of halogens is 1. The van der Waals surface area contributed by atoms with Crippen LogP contribution in [0.1, 0.15) is 18.9 Å². The second-order valence-electron chi connectivity index (χ2n) is 5.05. The van der Waals surface area contributed by atoms with E-state index in [0.29, 0.717) is 24.9 Å². The van der Waals surface area contributed by atoms with Crippen molar-refractivity contribution >= 4 is 17.4 Å². The monoisotopic (exact) mass is 314 g/mol. The number of thioether (sulfide) groups is 1. The molecule has 1 atom stereocenters. The van der Waals surface area contributed by atoms with Gasteiger partial charge in [0.25, 0.3) is 0 Å². The molecule has 0 aliphatic carbocycles. The number of anilines is 1. The lowest BCUT2D eigenvalue weighted by Crippen LogP contribution is -2.35. The van der Waals surface area contributed by atoms with Gasteiger partial charge in [-0.2, -0.15) is 11.8 Å². The Morgan fingerprint density at radius 2 is 2.19 bits per heavy atom. The van der Waals surface area contributed by atoms with E-state index in [2.05, 4.69) is 23.4 Å². The molecular weight excluding hydrogens is 287 g/mol. The standard InChI is InChI=1S/C16H27FN2OS/c1-5-14(12-21-4)19(2)16-13(7-6-8-15(16)17)11-18-9-10-20-3/h6-8,14,18H,5,9-12H2,1-4H3. The SMILES string of the molecule is CCC(CSC)N(C)c1c(F)cccc1CNCCOC. The second-order valence-corrected chi connectivity index (χ2v) is 5.96. The Hall–Kier alpha value is -0.780. The van der Waals surface area contributed by atoms with Crippen molar-refractivity contribution in [2.45, 2.75) is 25.9 Å². The van der Waals surface area contributed by atoms with Crippen LogP contribution in [0.4, 0.5) is 10.1 Å². The number of methoxy groups -OCH3 is 1. The zero-order valence-corrected chi connectivity index (χ0v) is 14.3. The Bertz CT molecular complexity index is 417. The molecule has 0 saturated carbocycles. The second kappa shape index (κ2) is 10.0. The molecule has 0 aromatic heterocycles. The van der Waals surface area contributed by atoms with Crippen molar-refractivity contribution < 1.29 is 9.13 Å². The summed E-state index contributed by atoms with van der Waals surface area (Å²) in [6.45, 7) is 4.22. The number of rotatable bonds is 10. The maximum absolute atomic E-state index is 14.3. The molecule has 5 heteroatoms. The Morgan fingerprint density at radius 1 is 1.43 bits per heavy atom. The third-order valence-electron chi connectivity index (χ3n) is 3.60. The largest absolute Gasteiger partial charge is 0.383 e. The average molecular weight is 314 g/mol. The topological polar surface area (TPSA) is 24.5 Å². The lowest BCUT2D eigenvalue weighted by Gasteiger charge is -2.31. The smallest absolute Gasteiger partial charge is 0.146 e. The summed E-state index contributed by atoms with van der Waals surface area (Å²) >= 11 is 1.80. The summed E-state index contributed by atoms with van der Waals surface area (Å²) in [6.07, 6.45) is 3.09. The number of hydrogen-bond acceptors (Lipinski definition) is 4. The first-order valence-electron chi connectivity index (χ1n) is 7.34. The van der Waals surface area contributed by atoms with Gasteiger partial charge in [-0.3, -0.25) is 0 Å². The highest BCUT2D eigenvalue weighted by atomic mass is 32.2. The van der Waals surface area contributed by atoms with Crippen LogP contribution in [0.25, 0.3) is 0 Å². The van der Waals surface area contributed by atoms with Crippen LogP contribution in [0.3, 0.4) is 0 Å². The minimum Gasteiger partial charge on any atom is -0.383 e. The average Bonchev–Trinajstić information content (AvgIpc) is 2.48. The highest BCUT2D eigenvalue weighted by Crippen LogP contribution is 2.27. The zero-order chi connectivity index (χ0) is 15.7. The predicted octanol–water partition coefficient (Wildman–Crippen LogP) is 3.14. The number of nitrogens with zero attached hydrogens (tertiary/aromatic N) is 1. The van der Waals surface area contributed by atoms with Crippen LogP contribution in [0.15, 0.2) is 18.2 Å². The first-order chi connectivity index (χ1) is 10.2. The van der Waals surface area contributed by atoms with Crippen molar-refractivity contribution in [3.05, 3.63) is 29.6 Å². The first kappa shape index (κ1) is 18.3. The number of ether oxygens (including phenoxy) is 1. The number of nitrogens with one attached hydrogen (secondary N) is 1. The molecule has 0 fully saturated rings. The minimum absolute atomic E-state index is 0.150. The lowest BCUT2D eigenvalue weighted by atomic mass is 10.1. The van der Waals surface area contributed by atoms with Gasteiger partial charge in [0.05, 0.1) is 12.3 Å². The number of hydrogen-bond donors (Lipinski definition) is 1. The molecule has 0 amide bonds. The van der Waals surface area contributed by atoms with Gasteiger partial charge in [-0.15, -0.1) is 0 Å². The summed E-state index contributed by atoms with van der Waals surface area (Å²) in [4.78, 5) is 2.08. The fourth-order valence-electron chi connectivity index (χ4n) is 2.37. The lowest BCUT2D eigenvalue weighted by molar-refractivity contribution is 0.199. The molecule has 0 saturated heterocycles. The molecule has 1 N–H and O–H groups in total. The van der Waals surface area contributed by atoms with Gasteiger partial charge in [0.2, 0.25) is 0 Å². The van der Waals surface area contributed by atoms with Gasteiger partial charge in [-0.05, 0) is 24.3 Å². The Kier molecular flexibility index (Phi) is 8.73. The Morgan fingerprint density at radius 3 is 2.81 bits per heavy atom. The van der Waals surface area contributed by atoms with Crippen molar-refractivity contribution in [1.82, 2.24) is 5.32 Å². The molecule has 0 bridgehead atoms. The van der Waals surface area contributed by atoms with E-state index in [0.717, 1.165) is 24.3 Å². The molecule has 3 nitrogen and oxygen atoms in total. The molecule has 1 unspecified atom stereocenters. The first-order valence-corrected chi connectivity index (χ1v) is 8.73. The van der Waals surface area contributed by atoms with E-state index in [1.54, 1.807) is 24.9 Å². The maximum Gasteiger partial charge on any atom is 0.146 e. The molecule has 21 heavy (non-hydrogen) atoms. The van der Waals surface area contributed by atoms with Crippen molar-refractivity contribution in [2.75, 3.05) is 44.2 Å². The van der Waals surface area contributed by atoms with Crippen LogP contribution in [-0.4, -0.2) is 45.4 Å². The van der Waals surface area contributed by atoms with Crippen LogP contribution >= 0.6 is 11.8 Å². The summed E-state index contributed by atoms with van der Waals surface area (Å²) < 4.78 is 19.3. The normalized spacial score (nSPS) is 12.4. The summed E-state index contributed by atoms with van der Waals surface area (Å²) in [5.74, 6) is 0.848. The molecule has 0 aliphatic rings. The molecule has 1 aromatic carbocycles. The van der Waals surface area contributed by atoms with E-state index < -0.39 is 0 Å². The third kappa shape index (κ3) is 5.49. The molecule has 0 heterocycles. The van der Waals surface area contributed by atoms with E-state index in [9.17, 15) is 4.39 Å². The van der Waals surface area contributed by atoms with Gasteiger partial charge in [0.1, 0.15) is 5.82 Å². The van der Waals surface area contributed by atoms with Crippen LogP contribution in [-0.2, 0) is 11.3 Å². The molecular formula is C16H27FN2OS. The minimum atomic E-state index is -0.150. The summed E-state index contributed by atoms with van der Waals surface area (Å²) in [6, 6.07) is 5.64. The van der Waals surface area contributed by atoms with Crippen LogP contribution in [0.5, 0.6) is 0 Å². The van der Waals surface area contributed by atoms with Crippen LogP contribution < -0.4 is 10.2 Å². The Labute approximate surface area is 132 Å². The number of para-hydroxylation sites is 1. The molecule has 1 aromatic rings. The van der Waals surface area contributed by atoms with E-state index in [4.69, 9.17) is 4.74 Å². The van der Waals surface area contributed by atoms with Gasteiger partial charge in [0.15, 0.2) is 0 Å². The summed E-state index contributed by atoms with van der Waals surface area (Å²) in [7, 11) is 3.67. The molecule has 1 rings (SSSR count). The van der Waals surface area contributed by atoms with E-state index >= 15 is 0 Å². The van der Waals surface area contributed by atoms with Crippen molar-refractivity contribution in [1.29, 1.82) is 0 Å². The predicted molar refractivity (Wildman–Crippen MR) is 90.8 cm³/mol. The fraction of sp³-hybridized carbons (Fsp3) is 0.625. The zero-order valence-electron chi connectivity index (χ0n) is 13.5. The van der Waals surface area contributed by atoms with Crippen molar-refractivity contribution in [3.63, 3.8) is 0 Å². The molecule has 0 radical (unpaired) electrons. The highest BCUT2D eigenvalue weighted by molar-refractivity contribution is 7.98. The van der Waals surface area contributed by atoms with Gasteiger partial charge in [0, 0.05) is 39.0 Å². The van der Waals surface area contributed by atoms with Gasteiger partial charge in [-0.25, -0.2) is 4.39 Å². The quantitative estimate of drug-likeness (QED) is 0.671. The maximum atomic E-state index is 14.3. The van der Waals surface area contributed by atoms with E-state index in [1.165, 1.54) is 6.07 Å². The van der Waals surface area contributed by atoms with Gasteiger partial charge in [-0.1, -0.05) is 19.1 Å². The molecule has 0 aliphatic heterocycles. The fourth-order valence-corrected chi connectivity index (χ4v) is 3.22.